The fraction of sp³-hybridized carbons (Fsp3) is 0.286. The summed E-state index contributed by atoms with van der Waals surface area (Å²) in [4.78, 5) is 10.1. The average Bonchev–Trinajstić information content (AvgIpc) is 2.84. The molecule has 1 atom stereocenters. The molecule has 2 rings (SSSR count). The number of nitrogens with zero attached hydrogens (tertiary/aromatic N) is 1. The van der Waals surface area contributed by atoms with Gasteiger partial charge in [0, 0.05) is 0 Å². The summed E-state index contributed by atoms with van der Waals surface area (Å²) in [6.07, 6.45) is 0. The molecular formula is C14H16N2O3. The van der Waals surface area contributed by atoms with Crippen LogP contribution in [0.2, 0.25) is 0 Å². The Morgan fingerprint density at radius 3 is 2.47 bits per heavy atom. The Hall–Kier alpha value is -2.14. The predicted molar refractivity (Wildman–Crippen MR) is 72.2 cm³/mol. The molecule has 1 heterocycles. The van der Waals surface area contributed by atoms with E-state index in [1.54, 1.807) is 13.1 Å². The summed E-state index contributed by atoms with van der Waals surface area (Å²) in [6, 6.07) is 8.91. The molecule has 0 saturated carbocycles. The van der Waals surface area contributed by atoms with Gasteiger partial charge in [-0.1, -0.05) is 18.2 Å². The number of benzene rings is 1. The number of nitro groups is 1. The van der Waals surface area contributed by atoms with Crippen LogP contribution in [-0.4, -0.2) is 12.0 Å². The fourth-order valence-electron chi connectivity index (χ4n) is 2.01. The normalized spacial score (nSPS) is 12.4. The van der Waals surface area contributed by atoms with Crippen LogP contribution in [0, 0.1) is 24.0 Å². The molecule has 0 bridgehead atoms. The zero-order valence-electron chi connectivity index (χ0n) is 11.1. The second kappa shape index (κ2) is 5.24. The molecule has 0 aliphatic rings. The number of nitrogens with one attached hydrogen (secondary N) is 1. The quantitative estimate of drug-likeness (QED) is 0.677. The van der Waals surface area contributed by atoms with E-state index in [-0.39, 0.29) is 11.9 Å². The van der Waals surface area contributed by atoms with E-state index < -0.39 is 4.92 Å². The zero-order valence-corrected chi connectivity index (χ0v) is 11.1. The highest BCUT2D eigenvalue weighted by Gasteiger charge is 2.20. The van der Waals surface area contributed by atoms with Gasteiger partial charge in [0.1, 0.15) is 10.7 Å². The van der Waals surface area contributed by atoms with Crippen LogP contribution >= 0.6 is 0 Å². The summed E-state index contributed by atoms with van der Waals surface area (Å²) in [5, 5.41) is 13.8. The summed E-state index contributed by atoms with van der Waals surface area (Å²) in [5.41, 5.74) is 3.41. The minimum Gasteiger partial charge on any atom is -0.404 e. The van der Waals surface area contributed by atoms with E-state index in [2.05, 4.69) is 11.4 Å². The standard InChI is InChI=1S/C14H16N2O3/c1-9-4-5-11(8-10(9)2)14(15-3)12-6-7-13(19-12)16(17)18/h4-8,14-15H,1-3H3. The molecule has 2 aromatic rings. The lowest BCUT2D eigenvalue weighted by Crippen LogP contribution is -2.17. The molecule has 0 aliphatic carbocycles. The van der Waals surface area contributed by atoms with Gasteiger partial charge in [0.2, 0.25) is 0 Å². The lowest BCUT2D eigenvalue weighted by atomic mass is 10.00. The first-order valence-corrected chi connectivity index (χ1v) is 6.01. The van der Waals surface area contributed by atoms with Crippen molar-refractivity contribution in [3.8, 4) is 0 Å². The second-order valence-corrected chi connectivity index (χ2v) is 4.50. The number of hydrogen-bond acceptors (Lipinski definition) is 4. The van der Waals surface area contributed by atoms with Crippen molar-refractivity contribution in [1.29, 1.82) is 0 Å². The lowest BCUT2D eigenvalue weighted by Gasteiger charge is -2.15. The van der Waals surface area contributed by atoms with Crippen molar-refractivity contribution in [2.45, 2.75) is 19.9 Å². The summed E-state index contributed by atoms with van der Waals surface area (Å²) in [5.74, 6) is 0.302. The molecule has 0 fully saturated rings. The summed E-state index contributed by atoms with van der Waals surface area (Å²) < 4.78 is 5.26. The van der Waals surface area contributed by atoms with Gasteiger partial charge in [0.05, 0.1) is 12.1 Å². The van der Waals surface area contributed by atoms with E-state index in [4.69, 9.17) is 4.42 Å². The van der Waals surface area contributed by atoms with Crippen molar-refractivity contribution in [2.75, 3.05) is 7.05 Å². The van der Waals surface area contributed by atoms with Gasteiger partial charge in [-0.15, -0.1) is 0 Å². The lowest BCUT2D eigenvalue weighted by molar-refractivity contribution is -0.402. The Bertz CT molecular complexity index is 604. The minimum atomic E-state index is -0.531. The maximum Gasteiger partial charge on any atom is 0.433 e. The summed E-state index contributed by atoms with van der Waals surface area (Å²) in [7, 11) is 1.80. The Morgan fingerprint density at radius 1 is 1.21 bits per heavy atom. The van der Waals surface area contributed by atoms with Crippen LogP contribution in [0.1, 0.15) is 28.5 Å². The SMILES string of the molecule is CNC(c1ccc(C)c(C)c1)c1ccc([N+](=O)[O-])o1. The van der Waals surface area contributed by atoms with Gasteiger partial charge in [0.15, 0.2) is 0 Å². The van der Waals surface area contributed by atoms with Crippen LogP contribution in [0.4, 0.5) is 5.88 Å². The first kappa shape index (κ1) is 13.3. The Labute approximate surface area is 111 Å². The fourth-order valence-corrected chi connectivity index (χ4v) is 2.01. The summed E-state index contributed by atoms with van der Waals surface area (Å²) >= 11 is 0. The number of hydrogen-bond donors (Lipinski definition) is 1. The Morgan fingerprint density at radius 2 is 1.95 bits per heavy atom. The molecule has 1 unspecified atom stereocenters. The van der Waals surface area contributed by atoms with Crippen LogP contribution in [0.25, 0.3) is 0 Å². The Kier molecular flexibility index (Phi) is 3.66. The highest BCUT2D eigenvalue weighted by atomic mass is 16.6. The molecule has 0 radical (unpaired) electrons. The van der Waals surface area contributed by atoms with Crippen LogP contribution in [0.5, 0.6) is 0 Å². The molecular weight excluding hydrogens is 244 g/mol. The number of rotatable bonds is 4. The molecule has 5 heteroatoms. The molecule has 100 valence electrons. The van der Waals surface area contributed by atoms with E-state index in [1.807, 2.05) is 26.0 Å². The third-order valence-electron chi connectivity index (χ3n) is 3.23. The van der Waals surface area contributed by atoms with Gasteiger partial charge < -0.3 is 9.73 Å². The molecule has 0 amide bonds. The number of furan rings is 1. The van der Waals surface area contributed by atoms with Gasteiger partial charge >= 0.3 is 5.88 Å². The highest BCUT2D eigenvalue weighted by Crippen LogP contribution is 2.27. The summed E-state index contributed by atoms with van der Waals surface area (Å²) in [6.45, 7) is 4.08. The van der Waals surface area contributed by atoms with Crippen molar-refractivity contribution >= 4 is 5.88 Å². The first-order chi connectivity index (χ1) is 9.02. The van der Waals surface area contributed by atoms with Crippen molar-refractivity contribution in [3.63, 3.8) is 0 Å². The predicted octanol–water partition coefficient (Wildman–Crippen LogP) is 3.11. The molecule has 0 spiro atoms. The smallest absolute Gasteiger partial charge is 0.404 e. The molecule has 19 heavy (non-hydrogen) atoms. The molecule has 5 nitrogen and oxygen atoms in total. The largest absolute Gasteiger partial charge is 0.433 e. The van der Waals surface area contributed by atoms with Crippen molar-refractivity contribution in [1.82, 2.24) is 5.32 Å². The zero-order chi connectivity index (χ0) is 14.0. The highest BCUT2D eigenvalue weighted by molar-refractivity contribution is 5.35. The third-order valence-corrected chi connectivity index (χ3v) is 3.23. The molecule has 1 N–H and O–H groups in total. The van der Waals surface area contributed by atoms with Gasteiger partial charge in [-0.3, -0.25) is 10.1 Å². The van der Waals surface area contributed by atoms with Gasteiger partial charge in [-0.25, -0.2) is 0 Å². The second-order valence-electron chi connectivity index (χ2n) is 4.50. The van der Waals surface area contributed by atoms with Crippen molar-refractivity contribution in [2.24, 2.45) is 0 Å². The van der Waals surface area contributed by atoms with Gasteiger partial charge in [-0.05, 0) is 43.7 Å². The van der Waals surface area contributed by atoms with E-state index in [9.17, 15) is 10.1 Å². The van der Waals surface area contributed by atoms with Crippen LogP contribution in [0.3, 0.4) is 0 Å². The molecule has 0 aliphatic heterocycles. The monoisotopic (exact) mass is 260 g/mol. The van der Waals surface area contributed by atoms with E-state index in [0.29, 0.717) is 5.76 Å². The number of aryl methyl sites for hydroxylation is 2. The molecule has 1 aromatic carbocycles. The molecule has 0 saturated heterocycles. The van der Waals surface area contributed by atoms with E-state index in [1.165, 1.54) is 17.2 Å². The maximum atomic E-state index is 10.7. The maximum absolute atomic E-state index is 10.7. The minimum absolute atomic E-state index is 0.187. The van der Waals surface area contributed by atoms with E-state index in [0.717, 1.165) is 5.56 Å². The Balaban J connectivity index is 2.37. The van der Waals surface area contributed by atoms with Crippen molar-refractivity contribution in [3.05, 3.63) is 62.9 Å². The van der Waals surface area contributed by atoms with Gasteiger partial charge in [-0.2, -0.15) is 0 Å². The average molecular weight is 260 g/mol. The third kappa shape index (κ3) is 2.66. The first-order valence-electron chi connectivity index (χ1n) is 6.01. The van der Waals surface area contributed by atoms with Crippen LogP contribution in [-0.2, 0) is 0 Å². The van der Waals surface area contributed by atoms with E-state index >= 15 is 0 Å². The topological polar surface area (TPSA) is 68.3 Å². The van der Waals surface area contributed by atoms with Gasteiger partial charge in [0.25, 0.3) is 0 Å². The molecule has 1 aromatic heterocycles. The van der Waals surface area contributed by atoms with Crippen LogP contribution < -0.4 is 5.32 Å². The van der Waals surface area contributed by atoms with Crippen molar-refractivity contribution < 1.29 is 9.34 Å². The van der Waals surface area contributed by atoms with Crippen LogP contribution in [0.15, 0.2) is 34.7 Å².